The molecule has 0 bridgehead atoms. The van der Waals surface area contributed by atoms with Crippen LogP contribution < -0.4 is 5.32 Å². The average Bonchev–Trinajstić information content (AvgIpc) is 2.54. The maximum absolute atomic E-state index is 12.2. The van der Waals surface area contributed by atoms with Gasteiger partial charge in [0.1, 0.15) is 0 Å². The molecule has 0 unspecified atom stereocenters. The van der Waals surface area contributed by atoms with Gasteiger partial charge in [-0.15, -0.1) is 0 Å². The molecule has 0 spiro atoms. The number of hydrogen-bond donors (Lipinski definition) is 1. The fraction of sp³-hybridized carbons (Fsp3) is 0.650. The summed E-state index contributed by atoms with van der Waals surface area (Å²) in [5.41, 5.74) is 2.01. The number of piperidine rings is 1. The first-order valence-corrected chi connectivity index (χ1v) is 12.3. The molecule has 25 heavy (non-hydrogen) atoms. The van der Waals surface area contributed by atoms with Gasteiger partial charge in [-0.3, -0.25) is 9.69 Å². The minimum atomic E-state index is -1.73. The van der Waals surface area contributed by atoms with Crippen LogP contribution in [0.2, 0.25) is 18.1 Å². The molecule has 2 rings (SSSR count). The maximum atomic E-state index is 12.2. The number of rotatable bonds is 6. The molecule has 1 fully saturated rings. The van der Waals surface area contributed by atoms with Gasteiger partial charge in [-0.2, -0.15) is 0 Å². The van der Waals surface area contributed by atoms with E-state index in [1.807, 2.05) is 24.3 Å². The molecule has 4 nitrogen and oxygen atoms in total. The molecule has 1 amide bonds. The zero-order chi connectivity index (χ0) is 18.5. The Morgan fingerprint density at radius 1 is 1.12 bits per heavy atom. The van der Waals surface area contributed by atoms with Gasteiger partial charge in [-0.25, -0.2) is 0 Å². The molecule has 1 heterocycles. The predicted molar refractivity (Wildman–Crippen MR) is 107 cm³/mol. The van der Waals surface area contributed by atoms with E-state index in [9.17, 15) is 4.79 Å². The van der Waals surface area contributed by atoms with E-state index < -0.39 is 8.32 Å². The lowest BCUT2D eigenvalue weighted by Crippen LogP contribution is -2.40. The molecule has 0 saturated carbocycles. The largest absolute Gasteiger partial charge is 0.413 e. The van der Waals surface area contributed by atoms with Crippen molar-refractivity contribution in [2.75, 3.05) is 25.0 Å². The lowest BCUT2D eigenvalue weighted by atomic mass is 10.1. The van der Waals surface area contributed by atoms with Crippen molar-refractivity contribution in [3.05, 3.63) is 29.8 Å². The first-order chi connectivity index (χ1) is 11.7. The first-order valence-electron chi connectivity index (χ1n) is 9.42. The van der Waals surface area contributed by atoms with Crippen LogP contribution in [0.1, 0.15) is 45.6 Å². The fourth-order valence-corrected chi connectivity index (χ4v) is 3.65. The molecule has 0 aromatic heterocycles. The van der Waals surface area contributed by atoms with Gasteiger partial charge in [0.05, 0.1) is 13.2 Å². The third-order valence-electron chi connectivity index (χ3n) is 5.46. The highest BCUT2D eigenvalue weighted by molar-refractivity contribution is 6.74. The number of amides is 1. The maximum Gasteiger partial charge on any atom is 0.238 e. The molecule has 1 saturated heterocycles. The molecule has 0 aliphatic carbocycles. The van der Waals surface area contributed by atoms with Gasteiger partial charge in [-0.1, -0.05) is 39.3 Å². The van der Waals surface area contributed by atoms with Gasteiger partial charge in [0.15, 0.2) is 8.32 Å². The summed E-state index contributed by atoms with van der Waals surface area (Å²) in [6.45, 7) is 14.5. The van der Waals surface area contributed by atoms with Gasteiger partial charge in [0.2, 0.25) is 5.91 Å². The summed E-state index contributed by atoms with van der Waals surface area (Å²) < 4.78 is 6.25. The van der Waals surface area contributed by atoms with Crippen LogP contribution >= 0.6 is 0 Å². The molecular formula is C20H34N2O2Si. The summed E-state index contributed by atoms with van der Waals surface area (Å²) in [4.78, 5) is 14.4. The van der Waals surface area contributed by atoms with Gasteiger partial charge in [0, 0.05) is 5.69 Å². The summed E-state index contributed by atoms with van der Waals surface area (Å²) in [6, 6.07) is 8.03. The van der Waals surface area contributed by atoms with Crippen molar-refractivity contribution in [3.63, 3.8) is 0 Å². The summed E-state index contributed by atoms with van der Waals surface area (Å²) in [5.74, 6) is 0.0761. The van der Waals surface area contributed by atoms with Crippen LogP contribution in [-0.2, 0) is 15.8 Å². The minimum Gasteiger partial charge on any atom is -0.413 e. The van der Waals surface area contributed by atoms with Crippen LogP contribution in [0.3, 0.4) is 0 Å². The highest BCUT2D eigenvalue weighted by Crippen LogP contribution is 2.37. The number of anilines is 1. The molecule has 0 radical (unpaired) electrons. The Kier molecular flexibility index (Phi) is 6.83. The third kappa shape index (κ3) is 6.24. The van der Waals surface area contributed by atoms with Crippen LogP contribution in [0.5, 0.6) is 0 Å². The smallest absolute Gasteiger partial charge is 0.238 e. The Morgan fingerprint density at radius 2 is 1.72 bits per heavy atom. The van der Waals surface area contributed by atoms with Crippen LogP contribution in [-0.4, -0.2) is 38.8 Å². The summed E-state index contributed by atoms with van der Waals surface area (Å²) in [6.07, 6.45) is 3.70. The Morgan fingerprint density at radius 3 is 2.28 bits per heavy atom. The number of carbonyl (C=O) groups excluding carboxylic acids is 1. The standard InChI is InChI=1S/C20H34N2O2Si/c1-20(2,3)25(4,5)24-16-17-9-11-18(12-10-17)21-19(23)15-22-13-7-6-8-14-22/h9-12H,6-8,13-16H2,1-5H3,(H,21,23). The molecule has 1 aliphatic heterocycles. The van der Waals surface area contributed by atoms with E-state index in [-0.39, 0.29) is 10.9 Å². The van der Waals surface area contributed by atoms with E-state index >= 15 is 0 Å². The lowest BCUT2D eigenvalue weighted by Gasteiger charge is -2.36. The van der Waals surface area contributed by atoms with E-state index in [1.165, 1.54) is 19.3 Å². The van der Waals surface area contributed by atoms with E-state index in [0.717, 1.165) is 24.3 Å². The SMILES string of the molecule is CC(C)(C)[Si](C)(C)OCc1ccc(NC(=O)CN2CCCCC2)cc1. The molecule has 1 N–H and O–H groups in total. The van der Waals surface area contributed by atoms with E-state index in [4.69, 9.17) is 4.43 Å². The first kappa shape index (κ1) is 20.1. The van der Waals surface area contributed by atoms with Crippen LogP contribution in [0, 0.1) is 0 Å². The summed E-state index contributed by atoms with van der Waals surface area (Å²) in [7, 11) is -1.73. The van der Waals surface area contributed by atoms with Crippen molar-refractivity contribution >= 4 is 19.9 Å². The Hall–Kier alpha value is -1.17. The third-order valence-corrected chi connectivity index (χ3v) is 9.94. The number of benzene rings is 1. The van der Waals surface area contributed by atoms with Gasteiger partial charge >= 0.3 is 0 Å². The number of likely N-dealkylation sites (tertiary alicyclic amines) is 1. The van der Waals surface area contributed by atoms with Crippen molar-refractivity contribution < 1.29 is 9.22 Å². The topological polar surface area (TPSA) is 41.6 Å². The quantitative estimate of drug-likeness (QED) is 0.750. The van der Waals surface area contributed by atoms with E-state index in [2.05, 4.69) is 44.1 Å². The van der Waals surface area contributed by atoms with Crippen molar-refractivity contribution in [1.29, 1.82) is 0 Å². The zero-order valence-electron chi connectivity index (χ0n) is 16.5. The number of nitrogens with one attached hydrogen (secondary N) is 1. The summed E-state index contributed by atoms with van der Waals surface area (Å²) >= 11 is 0. The van der Waals surface area contributed by atoms with E-state index in [0.29, 0.717) is 13.2 Å². The minimum absolute atomic E-state index is 0.0761. The molecule has 1 aromatic carbocycles. The van der Waals surface area contributed by atoms with Gasteiger partial charge in [0.25, 0.3) is 0 Å². The van der Waals surface area contributed by atoms with Crippen LogP contribution in [0.4, 0.5) is 5.69 Å². The van der Waals surface area contributed by atoms with Gasteiger partial charge in [-0.05, 0) is 61.8 Å². The Bertz CT molecular complexity index is 558. The second-order valence-electron chi connectivity index (χ2n) is 8.63. The molecule has 5 heteroatoms. The molecular weight excluding hydrogens is 328 g/mol. The van der Waals surface area contributed by atoms with Gasteiger partial charge < -0.3 is 9.74 Å². The van der Waals surface area contributed by atoms with Crippen LogP contribution in [0.25, 0.3) is 0 Å². The number of nitrogens with zero attached hydrogens (tertiary/aromatic N) is 1. The molecule has 1 aromatic rings. The zero-order valence-corrected chi connectivity index (χ0v) is 17.5. The molecule has 1 aliphatic rings. The summed E-state index contributed by atoms with van der Waals surface area (Å²) in [5, 5.41) is 3.22. The molecule has 140 valence electrons. The van der Waals surface area contributed by atoms with Crippen molar-refractivity contribution in [1.82, 2.24) is 4.90 Å². The van der Waals surface area contributed by atoms with Crippen molar-refractivity contribution in [2.45, 2.75) is 64.8 Å². The highest BCUT2D eigenvalue weighted by atomic mass is 28.4. The normalized spacial score (nSPS) is 16.7. The average molecular weight is 363 g/mol. The predicted octanol–water partition coefficient (Wildman–Crippen LogP) is 4.63. The Labute approximate surface area is 154 Å². The monoisotopic (exact) mass is 362 g/mol. The van der Waals surface area contributed by atoms with E-state index in [1.54, 1.807) is 0 Å². The van der Waals surface area contributed by atoms with Crippen molar-refractivity contribution in [2.24, 2.45) is 0 Å². The molecule has 0 atom stereocenters. The Balaban J connectivity index is 1.82. The van der Waals surface area contributed by atoms with Crippen LogP contribution in [0.15, 0.2) is 24.3 Å². The fourth-order valence-electron chi connectivity index (χ4n) is 2.69. The number of hydrogen-bond acceptors (Lipinski definition) is 3. The second kappa shape index (κ2) is 8.47. The highest BCUT2D eigenvalue weighted by Gasteiger charge is 2.36. The lowest BCUT2D eigenvalue weighted by molar-refractivity contribution is -0.117. The van der Waals surface area contributed by atoms with Crippen molar-refractivity contribution in [3.8, 4) is 0 Å². The second-order valence-corrected chi connectivity index (χ2v) is 13.4. The number of carbonyl (C=O) groups is 1.